The molecule has 0 amide bonds. The largest absolute Gasteiger partial charge is 0.307 e. The molecule has 2 nitrogen and oxygen atoms in total. The van der Waals surface area contributed by atoms with Crippen LogP contribution in [0.1, 0.15) is 45.2 Å². The van der Waals surface area contributed by atoms with Crippen LogP contribution >= 0.6 is 11.6 Å². The van der Waals surface area contributed by atoms with E-state index in [1.807, 2.05) is 12.1 Å². The number of hydrogen-bond acceptors (Lipinski definition) is 2. The fourth-order valence-electron chi connectivity index (χ4n) is 3.15. The van der Waals surface area contributed by atoms with Gasteiger partial charge < -0.3 is 10.2 Å². The van der Waals surface area contributed by atoms with Crippen molar-refractivity contribution in [3.63, 3.8) is 0 Å². The van der Waals surface area contributed by atoms with E-state index in [2.05, 4.69) is 43.1 Å². The number of rotatable bonds is 5. The van der Waals surface area contributed by atoms with E-state index in [4.69, 9.17) is 11.6 Å². The van der Waals surface area contributed by atoms with Crippen molar-refractivity contribution in [3.05, 3.63) is 34.9 Å². The minimum atomic E-state index is 0.381. The molecule has 1 heterocycles. The van der Waals surface area contributed by atoms with Gasteiger partial charge in [0, 0.05) is 17.1 Å². The van der Waals surface area contributed by atoms with E-state index in [0.29, 0.717) is 12.1 Å². The van der Waals surface area contributed by atoms with Crippen LogP contribution in [-0.2, 0) is 0 Å². The van der Waals surface area contributed by atoms with Crippen LogP contribution in [0.2, 0.25) is 5.02 Å². The second-order valence-electron chi connectivity index (χ2n) is 6.00. The van der Waals surface area contributed by atoms with Crippen molar-refractivity contribution in [1.82, 2.24) is 10.2 Å². The number of likely N-dealkylation sites (tertiary alicyclic amines) is 1. The normalized spacial score (nSPS) is 20.8. The molecule has 1 N–H and O–H groups in total. The molecule has 2 atom stereocenters. The molecule has 0 aromatic heterocycles. The summed E-state index contributed by atoms with van der Waals surface area (Å²) in [5.74, 6) is 0.799. The minimum Gasteiger partial charge on any atom is -0.307 e. The van der Waals surface area contributed by atoms with Crippen LogP contribution in [0.5, 0.6) is 0 Å². The van der Waals surface area contributed by atoms with Crippen LogP contribution in [0.15, 0.2) is 24.3 Å². The fraction of sp³-hybridized carbons (Fsp3) is 0.647. The van der Waals surface area contributed by atoms with E-state index in [0.717, 1.165) is 10.9 Å². The Balaban J connectivity index is 1.84. The van der Waals surface area contributed by atoms with Crippen molar-refractivity contribution >= 4 is 11.6 Å². The summed E-state index contributed by atoms with van der Waals surface area (Å²) in [6, 6.07) is 9.13. The molecule has 1 aliphatic rings. The second kappa shape index (κ2) is 7.44. The molecule has 2 rings (SSSR count). The summed E-state index contributed by atoms with van der Waals surface area (Å²) < 4.78 is 0. The van der Waals surface area contributed by atoms with Gasteiger partial charge in [0.25, 0.3) is 0 Å². The standard InChI is InChI=1S/C17H27ClN2/c1-4-20-11-9-16(10-12-20)14(3)19-13(2)15-5-7-17(18)8-6-15/h5-8,13-14,16,19H,4,9-12H2,1-3H3/t13-,14?/m1/s1. The highest BCUT2D eigenvalue weighted by Gasteiger charge is 2.24. The van der Waals surface area contributed by atoms with Crippen LogP contribution in [0.3, 0.4) is 0 Å². The Morgan fingerprint density at radius 3 is 2.35 bits per heavy atom. The molecule has 0 radical (unpaired) electrons. The quantitative estimate of drug-likeness (QED) is 0.879. The maximum absolute atomic E-state index is 5.95. The molecular weight excluding hydrogens is 268 g/mol. The van der Waals surface area contributed by atoms with Gasteiger partial charge >= 0.3 is 0 Å². The third kappa shape index (κ3) is 4.21. The monoisotopic (exact) mass is 294 g/mol. The number of hydrogen-bond donors (Lipinski definition) is 1. The number of nitrogens with zero attached hydrogens (tertiary/aromatic N) is 1. The number of halogens is 1. The molecule has 0 spiro atoms. The Hall–Kier alpha value is -0.570. The van der Waals surface area contributed by atoms with E-state index >= 15 is 0 Å². The lowest BCUT2D eigenvalue weighted by molar-refractivity contribution is 0.165. The van der Waals surface area contributed by atoms with Gasteiger partial charge in [0.1, 0.15) is 0 Å². The summed E-state index contributed by atoms with van der Waals surface area (Å²) in [7, 11) is 0. The summed E-state index contributed by atoms with van der Waals surface area (Å²) in [5, 5.41) is 4.56. The van der Waals surface area contributed by atoms with Gasteiger partial charge in [0.15, 0.2) is 0 Å². The Morgan fingerprint density at radius 2 is 1.80 bits per heavy atom. The van der Waals surface area contributed by atoms with Crippen LogP contribution in [0, 0.1) is 5.92 Å². The first-order chi connectivity index (χ1) is 9.60. The van der Waals surface area contributed by atoms with E-state index in [-0.39, 0.29) is 0 Å². The maximum atomic E-state index is 5.95. The number of nitrogens with one attached hydrogen (secondary N) is 1. The molecule has 1 aromatic rings. The van der Waals surface area contributed by atoms with Crippen LogP contribution < -0.4 is 5.32 Å². The summed E-state index contributed by atoms with van der Waals surface area (Å²) in [6.07, 6.45) is 2.63. The highest BCUT2D eigenvalue weighted by molar-refractivity contribution is 6.30. The zero-order valence-corrected chi connectivity index (χ0v) is 13.7. The van der Waals surface area contributed by atoms with Crippen molar-refractivity contribution in [1.29, 1.82) is 0 Å². The molecule has 1 unspecified atom stereocenters. The Kier molecular flexibility index (Phi) is 5.88. The molecule has 1 aromatic carbocycles. The van der Waals surface area contributed by atoms with Gasteiger partial charge in [0.2, 0.25) is 0 Å². The van der Waals surface area contributed by atoms with Gasteiger partial charge in [-0.3, -0.25) is 0 Å². The molecule has 0 bridgehead atoms. The number of benzene rings is 1. The molecular formula is C17H27ClN2. The first kappa shape index (κ1) is 15.8. The topological polar surface area (TPSA) is 15.3 Å². The van der Waals surface area contributed by atoms with Gasteiger partial charge in [-0.05, 0) is 69.9 Å². The van der Waals surface area contributed by atoms with Crippen LogP contribution in [0.4, 0.5) is 0 Å². The first-order valence-corrected chi connectivity index (χ1v) is 8.21. The summed E-state index contributed by atoms with van der Waals surface area (Å²) in [5.41, 5.74) is 1.31. The van der Waals surface area contributed by atoms with Crippen molar-refractivity contribution in [3.8, 4) is 0 Å². The van der Waals surface area contributed by atoms with Gasteiger partial charge in [0.05, 0.1) is 0 Å². The maximum Gasteiger partial charge on any atom is 0.0406 e. The predicted octanol–water partition coefficient (Wildman–Crippen LogP) is 4.11. The average Bonchev–Trinajstić information content (AvgIpc) is 2.48. The number of piperidine rings is 1. The van der Waals surface area contributed by atoms with Gasteiger partial charge in [-0.15, -0.1) is 0 Å². The smallest absolute Gasteiger partial charge is 0.0406 e. The lowest BCUT2D eigenvalue weighted by Gasteiger charge is -2.35. The van der Waals surface area contributed by atoms with Gasteiger partial charge in [-0.25, -0.2) is 0 Å². The van der Waals surface area contributed by atoms with Crippen LogP contribution in [0.25, 0.3) is 0 Å². The molecule has 0 aliphatic carbocycles. The lowest BCUT2D eigenvalue weighted by atomic mass is 9.89. The molecule has 3 heteroatoms. The summed E-state index contributed by atoms with van der Waals surface area (Å²) in [6.45, 7) is 10.5. The van der Waals surface area contributed by atoms with E-state index in [1.54, 1.807) is 0 Å². The van der Waals surface area contributed by atoms with Crippen molar-refractivity contribution in [2.75, 3.05) is 19.6 Å². The van der Waals surface area contributed by atoms with Gasteiger partial charge in [-0.2, -0.15) is 0 Å². The zero-order valence-electron chi connectivity index (χ0n) is 12.9. The fourth-order valence-corrected chi connectivity index (χ4v) is 3.27. The van der Waals surface area contributed by atoms with Crippen molar-refractivity contribution in [2.24, 2.45) is 5.92 Å². The second-order valence-corrected chi connectivity index (χ2v) is 6.44. The van der Waals surface area contributed by atoms with E-state index < -0.39 is 0 Å². The minimum absolute atomic E-state index is 0.381. The average molecular weight is 295 g/mol. The Bertz CT molecular complexity index is 396. The zero-order chi connectivity index (χ0) is 14.5. The highest BCUT2D eigenvalue weighted by Crippen LogP contribution is 2.23. The summed E-state index contributed by atoms with van der Waals surface area (Å²) in [4.78, 5) is 2.55. The Labute approximate surface area is 128 Å². The summed E-state index contributed by atoms with van der Waals surface area (Å²) >= 11 is 5.95. The Morgan fingerprint density at radius 1 is 1.20 bits per heavy atom. The molecule has 112 valence electrons. The molecule has 0 saturated carbocycles. The predicted molar refractivity (Wildman–Crippen MR) is 87.3 cm³/mol. The molecule has 1 aliphatic heterocycles. The molecule has 1 saturated heterocycles. The highest BCUT2D eigenvalue weighted by atomic mass is 35.5. The first-order valence-electron chi connectivity index (χ1n) is 7.84. The molecule has 1 fully saturated rings. The van der Waals surface area contributed by atoms with Crippen LogP contribution in [-0.4, -0.2) is 30.6 Å². The SMILES string of the molecule is CCN1CCC(C(C)N[C@H](C)c2ccc(Cl)cc2)CC1. The van der Waals surface area contributed by atoms with Crippen molar-refractivity contribution < 1.29 is 0 Å². The van der Waals surface area contributed by atoms with E-state index in [1.165, 1.54) is 38.0 Å². The third-order valence-corrected chi connectivity index (χ3v) is 4.92. The van der Waals surface area contributed by atoms with Gasteiger partial charge in [-0.1, -0.05) is 30.7 Å². The molecule has 20 heavy (non-hydrogen) atoms. The van der Waals surface area contributed by atoms with Crippen molar-refractivity contribution in [2.45, 2.75) is 45.7 Å². The van der Waals surface area contributed by atoms with E-state index in [9.17, 15) is 0 Å². The third-order valence-electron chi connectivity index (χ3n) is 4.67. The lowest BCUT2D eigenvalue weighted by Crippen LogP contribution is -2.42.